The minimum Gasteiger partial charge on any atom is -0.258 e. The van der Waals surface area contributed by atoms with Crippen LogP contribution in [0.5, 0.6) is 0 Å². The van der Waals surface area contributed by atoms with E-state index in [0.29, 0.717) is 0 Å². The lowest BCUT2D eigenvalue weighted by Gasteiger charge is -2.38. The van der Waals surface area contributed by atoms with Crippen LogP contribution in [0.15, 0.2) is 16.5 Å². The van der Waals surface area contributed by atoms with Crippen LogP contribution in [0.1, 0.15) is 0 Å². The van der Waals surface area contributed by atoms with Crippen molar-refractivity contribution in [3.8, 4) is 0 Å². The fraction of sp³-hybridized carbons (Fsp3) is 0.700. The lowest BCUT2D eigenvalue weighted by Crippen LogP contribution is -2.63. The van der Waals surface area contributed by atoms with Gasteiger partial charge in [-0.3, -0.25) is 4.57 Å². The van der Waals surface area contributed by atoms with Crippen molar-refractivity contribution in [3.63, 3.8) is 0 Å². The number of rotatable bonds is 4. The number of alkyl halides is 15. The van der Waals surface area contributed by atoms with Gasteiger partial charge in [-0.15, -0.1) is 10.2 Å². The van der Waals surface area contributed by atoms with Gasteiger partial charge < -0.3 is 0 Å². The number of hydrogen-bond donors (Lipinski definition) is 0. The molecule has 2 rings (SSSR count). The molecule has 4 nitrogen and oxygen atoms in total. The lowest BCUT2D eigenvalue weighted by molar-refractivity contribution is -0.369. The number of aromatic nitrogens is 3. The molecular formula is C10HF15N4S. The highest BCUT2D eigenvalue weighted by atomic mass is 32.2. The van der Waals surface area contributed by atoms with Crippen LogP contribution >= 0.6 is 11.8 Å². The van der Waals surface area contributed by atoms with Crippen LogP contribution in [0, 0.1) is 0 Å². The number of hydrogen-bond acceptors (Lipinski definition) is 4. The molecule has 1 aromatic heterocycles. The van der Waals surface area contributed by atoms with Crippen molar-refractivity contribution in [3.05, 3.63) is 6.33 Å². The average molecular weight is 494 g/mol. The summed E-state index contributed by atoms with van der Waals surface area (Å²) in [6.07, 6.45) is -14.5. The van der Waals surface area contributed by atoms with Crippen molar-refractivity contribution in [1.82, 2.24) is 14.8 Å². The Morgan fingerprint density at radius 1 is 0.767 bits per heavy atom. The minimum absolute atomic E-state index is 0.166. The van der Waals surface area contributed by atoms with E-state index in [1.54, 1.807) is 0 Å². The Labute approximate surface area is 157 Å². The van der Waals surface area contributed by atoms with Crippen LogP contribution < -0.4 is 0 Å². The molecule has 2 heterocycles. The Hall–Kier alpha value is -1.89. The largest absolute Gasteiger partial charge is 0.460 e. The highest BCUT2D eigenvalue weighted by Crippen LogP contribution is 2.59. The first-order valence-electron chi connectivity index (χ1n) is 6.58. The van der Waals surface area contributed by atoms with Crippen molar-refractivity contribution >= 4 is 17.6 Å². The second-order valence-corrected chi connectivity index (χ2v) is 6.49. The Morgan fingerprint density at radius 3 is 1.67 bits per heavy atom. The molecule has 1 atom stereocenters. The topological polar surface area (TPSA) is 43.1 Å². The average Bonchev–Trinajstić information content (AvgIpc) is 2.99. The molecule has 0 saturated heterocycles. The van der Waals surface area contributed by atoms with E-state index in [0.717, 1.165) is 0 Å². The third kappa shape index (κ3) is 3.08. The Kier molecular flexibility index (Phi) is 5.13. The van der Waals surface area contributed by atoms with Crippen LogP contribution in [0.4, 0.5) is 65.9 Å². The molecule has 0 bridgehead atoms. The van der Waals surface area contributed by atoms with Gasteiger partial charge in [-0.05, 0) is 11.8 Å². The van der Waals surface area contributed by atoms with Crippen LogP contribution in [0.3, 0.4) is 0 Å². The highest BCUT2D eigenvalue weighted by Gasteiger charge is 2.83. The summed E-state index contributed by atoms with van der Waals surface area (Å²) in [5.41, 5.74) is 0. The van der Waals surface area contributed by atoms with Gasteiger partial charge in [0.25, 0.3) is 0 Å². The third-order valence-corrected chi connectivity index (χ3v) is 4.47. The van der Waals surface area contributed by atoms with Gasteiger partial charge >= 0.3 is 41.2 Å². The van der Waals surface area contributed by atoms with E-state index in [2.05, 4.69) is 10.2 Å². The predicted molar refractivity (Wildman–Crippen MR) is 64.4 cm³/mol. The quantitative estimate of drug-likeness (QED) is 0.441. The van der Waals surface area contributed by atoms with Crippen molar-refractivity contribution in [2.24, 2.45) is 4.99 Å². The summed E-state index contributed by atoms with van der Waals surface area (Å²) < 4.78 is 196. The molecule has 1 aliphatic heterocycles. The monoisotopic (exact) mass is 494 g/mol. The maximum Gasteiger partial charge on any atom is 0.460 e. The van der Waals surface area contributed by atoms with Gasteiger partial charge in [0.2, 0.25) is 5.16 Å². The molecule has 30 heavy (non-hydrogen) atoms. The summed E-state index contributed by atoms with van der Waals surface area (Å²) in [7, 11) is 0. The molecule has 0 radical (unpaired) electrons. The Morgan fingerprint density at radius 2 is 1.23 bits per heavy atom. The highest BCUT2D eigenvalue weighted by molar-refractivity contribution is 8.00. The molecule has 172 valence electrons. The van der Waals surface area contributed by atoms with Crippen molar-refractivity contribution in [2.45, 2.75) is 46.3 Å². The van der Waals surface area contributed by atoms with E-state index < -0.39 is 68.5 Å². The van der Waals surface area contributed by atoms with E-state index in [4.69, 9.17) is 0 Å². The zero-order valence-corrected chi connectivity index (χ0v) is 13.8. The summed E-state index contributed by atoms with van der Waals surface area (Å²) in [6.45, 7) is 0. The maximum absolute atomic E-state index is 14.5. The first-order chi connectivity index (χ1) is 13.0. The third-order valence-electron chi connectivity index (χ3n) is 3.39. The lowest BCUT2D eigenvalue weighted by atomic mass is 10.1. The van der Waals surface area contributed by atoms with Gasteiger partial charge in [-0.1, -0.05) is 0 Å². The fourth-order valence-electron chi connectivity index (χ4n) is 1.82. The van der Waals surface area contributed by atoms with Crippen molar-refractivity contribution < 1.29 is 65.9 Å². The standard InChI is InChI=1S/C10HF15N4S/c11-4(12,5(13,14)8(19,20)21)2-27-10(25,30-3-28-26-1-29(2)3)7(17,18)6(15,16)9(22,23)24/h1H. The second-order valence-electron chi connectivity index (χ2n) is 5.38. The Balaban J connectivity index is 2.78. The Bertz CT molecular complexity index is 852. The van der Waals surface area contributed by atoms with Gasteiger partial charge in [0.1, 0.15) is 6.33 Å². The van der Waals surface area contributed by atoms with Gasteiger partial charge in [0.15, 0.2) is 5.84 Å². The number of aliphatic imine (C=N–C) groups is 1. The zero-order chi connectivity index (χ0) is 23.8. The van der Waals surface area contributed by atoms with E-state index in [9.17, 15) is 65.9 Å². The zero-order valence-electron chi connectivity index (χ0n) is 12.9. The second kappa shape index (κ2) is 6.31. The molecule has 0 saturated carbocycles. The van der Waals surface area contributed by atoms with Gasteiger partial charge in [-0.25, -0.2) is 4.99 Å². The van der Waals surface area contributed by atoms with Crippen molar-refractivity contribution in [2.75, 3.05) is 0 Å². The van der Waals surface area contributed by atoms with Crippen LogP contribution in [-0.2, 0) is 0 Å². The molecule has 1 unspecified atom stereocenters. The van der Waals surface area contributed by atoms with E-state index in [1.807, 2.05) is 0 Å². The van der Waals surface area contributed by atoms with Crippen LogP contribution in [-0.4, -0.2) is 61.8 Å². The summed E-state index contributed by atoms with van der Waals surface area (Å²) in [6, 6.07) is 0. The first-order valence-corrected chi connectivity index (χ1v) is 7.39. The maximum atomic E-state index is 14.5. The van der Waals surface area contributed by atoms with Crippen LogP contribution in [0.25, 0.3) is 0 Å². The molecule has 0 aliphatic carbocycles. The van der Waals surface area contributed by atoms with E-state index >= 15 is 0 Å². The smallest absolute Gasteiger partial charge is 0.258 e. The van der Waals surface area contributed by atoms with Gasteiger partial charge in [0.05, 0.1) is 0 Å². The number of thioether (sulfide) groups is 1. The predicted octanol–water partition coefficient (Wildman–Crippen LogP) is 4.92. The van der Waals surface area contributed by atoms with Gasteiger partial charge in [-0.2, -0.15) is 65.9 Å². The van der Waals surface area contributed by atoms with Gasteiger partial charge in [0, 0.05) is 0 Å². The van der Waals surface area contributed by atoms with E-state index in [-0.39, 0.29) is 6.33 Å². The number of fused-ring (bicyclic) bond motifs is 1. The normalized spacial score (nSPS) is 22.0. The molecule has 0 aromatic carbocycles. The SMILES string of the molecule is FC(F)(F)C(F)(F)C(F)(F)C1=NC(F)(C(F)(F)C(F)(F)C(F)(F)F)Sc2nncn21. The fourth-order valence-corrected chi connectivity index (χ4v) is 2.77. The molecule has 20 heteroatoms. The summed E-state index contributed by atoms with van der Waals surface area (Å²) in [5, 5.41) is -2.49. The summed E-state index contributed by atoms with van der Waals surface area (Å²) in [5.74, 6) is -31.6. The first kappa shape index (κ1) is 24.4. The molecule has 0 fully saturated rings. The number of halogens is 15. The molecule has 0 spiro atoms. The molecule has 0 amide bonds. The molecule has 1 aliphatic rings. The van der Waals surface area contributed by atoms with E-state index in [1.165, 1.54) is 4.99 Å². The molecule has 0 N–H and O–H groups in total. The van der Waals surface area contributed by atoms with Crippen LogP contribution in [0.2, 0.25) is 0 Å². The summed E-state index contributed by atoms with van der Waals surface area (Å²) >= 11 is -1.50. The van der Waals surface area contributed by atoms with Crippen molar-refractivity contribution in [1.29, 1.82) is 0 Å². The number of nitrogens with zero attached hydrogens (tertiary/aromatic N) is 4. The summed E-state index contributed by atoms with van der Waals surface area (Å²) in [4.78, 5) is 1.47. The molecular weight excluding hydrogens is 493 g/mol. The molecule has 1 aromatic rings. The minimum atomic E-state index is -7.33.